The SMILES string of the molecule is COc1ccc(N2C(=O)S/C(=C/c3ccc(OCCC(=O)O)cc3)C2=O)cc1. The van der Waals surface area contributed by atoms with Crippen LogP contribution < -0.4 is 14.4 Å². The molecular weight excluding hydrogens is 382 g/mol. The fourth-order valence-electron chi connectivity index (χ4n) is 2.49. The zero-order chi connectivity index (χ0) is 20.1. The Balaban J connectivity index is 1.71. The van der Waals surface area contributed by atoms with E-state index in [1.807, 2.05) is 0 Å². The smallest absolute Gasteiger partial charge is 0.306 e. The zero-order valence-corrected chi connectivity index (χ0v) is 15.8. The summed E-state index contributed by atoms with van der Waals surface area (Å²) in [5, 5.41) is 8.25. The lowest BCUT2D eigenvalue weighted by Crippen LogP contribution is -2.27. The van der Waals surface area contributed by atoms with Crippen molar-refractivity contribution in [3.8, 4) is 11.5 Å². The molecule has 1 aliphatic heterocycles. The van der Waals surface area contributed by atoms with Crippen molar-refractivity contribution in [1.82, 2.24) is 0 Å². The number of carboxylic acid groups (broad SMARTS) is 1. The van der Waals surface area contributed by atoms with Gasteiger partial charge in [0, 0.05) is 0 Å². The molecule has 2 aromatic carbocycles. The first-order chi connectivity index (χ1) is 13.5. The van der Waals surface area contributed by atoms with Crippen LogP contribution in [0, 0.1) is 0 Å². The molecule has 0 atom stereocenters. The number of nitrogens with zero attached hydrogens (tertiary/aromatic N) is 1. The molecule has 1 N–H and O–H groups in total. The van der Waals surface area contributed by atoms with E-state index in [0.717, 1.165) is 22.2 Å². The fraction of sp³-hybridized carbons (Fsp3) is 0.150. The van der Waals surface area contributed by atoms with E-state index in [0.29, 0.717) is 22.1 Å². The molecule has 0 bridgehead atoms. The highest BCUT2D eigenvalue weighted by molar-refractivity contribution is 8.19. The molecule has 1 saturated heterocycles. The van der Waals surface area contributed by atoms with Crippen molar-refractivity contribution in [1.29, 1.82) is 0 Å². The van der Waals surface area contributed by atoms with Crippen LogP contribution >= 0.6 is 11.8 Å². The molecule has 0 aromatic heterocycles. The number of carbonyl (C=O) groups is 3. The van der Waals surface area contributed by atoms with Gasteiger partial charge in [-0.2, -0.15) is 0 Å². The van der Waals surface area contributed by atoms with E-state index in [4.69, 9.17) is 14.6 Å². The van der Waals surface area contributed by atoms with E-state index in [9.17, 15) is 14.4 Å². The lowest BCUT2D eigenvalue weighted by molar-refractivity contribution is -0.137. The van der Waals surface area contributed by atoms with Crippen molar-refractivity contribution in [2.75, 3.05) is 18.6 Å². The number of hydrogen-bond acceptors (Lipinski definition) is 6. The molecule has 1 aliphatic rings. The van der Waals surface area contributed by atoms with Gasteiger partial charge < -0.3 is 14.6 Å². The van der Waals surface area contributed by atoms with Gasteiger partial charge in [0.2, 0.25) is 0 Å². The maximum atomic E-state index is 12.7. The van der Waals surface area contributed by atoms with Gasteiger partial charge in [0.15, 0.2) is 0 Å². The van der Waals surface area contributed by atoms with Gasteiger partial charge in [-0.05, 0) is 59.8 Å². The maximum absolute atomic E-state index is 12.7. The number of ether oxygens (including phenoxy) is 2. The largest absolute Gasteiger partial charge is 0.497 e. The minimum atomic E-state index is -0.927. The summed E-state index contributed by atoms with van der Waals surface area (Å²) < 4.78 is 10.4. The van der Waals surface area contributed by atoms with Gasteiger partial charge in [0.1, 0.15) is 11.5 Å². The summed E-state index contributed by atoms with van der Waals surface area (Å²) in [5.41, 5.74) is 1.21. The molecule has 3 rings (SSSR count). The molecule has 7 nitrogen and oxygen atoms in total. The third-order valence-corrected chi connectivity index (χ3v) is 4.76. The molecule has 144 valence electrons. The Bertz CT molecular complexity index is 921. The molecule has 0 saturated carbocycles. The van der Waals surface area contributed by atoms with Gasteiger partial charge in [-0.1, -0.05) is 12.1 Å². The summed E-state index contributed by atoms with van der Waals surface area (Å²) in [6.45, 7) is 0.0788. The van der Waals surface area contributed by atoms with Crippen molar-refractivity contribution >= 4 is 40.6 Å². The molecule has 2 aromatic rings. The first-order valence-corrected chi connectivity index (χ1v) is 9.16. The molecule has 1 fully saturated rings. The van der Waals surface area contributed by atoms with E-state index >= 15 is 0 Å². The molecule has 2 amide bonds. The number of carboxylic acids is 1. The van der Waals surface area contributed by atoms with Gasteiger partial charge in [0.05, 0.1) is 30.7 Å². The number of benzene rings is 2. The lowest BCUT2D eigenvalue weighted by Gasteiger charge is -2.12. The predicted octanol–water partition coefficient (Wildman–Crippen LogP) is 3.79. The molecule has 0 unspecified atom stereocenters. The first kappa shape index (κ1) is 19.5. The summed E-state index contributed by atoms with van der Waals surface area (Å²) >= 11 is 0.873. The predicted molar refractivity (Wildman–Crippen MR) is 106 cm³/mol. The number of carbonyl (C=O) groups excluding carboxylic acids is 2. The number of amides is 2. The van der Waals surface area contributed by atoms with Crippen molar-refractivity contribution < 1.29 is 29.0 Å². The molecule has 0 radical (unpaired) electrons. The molecule has 8 heteroatoms. The van der Waals surface area contributed by atoms with Gasteiger partial charge in [-0.3, -0.25) is 14.4 Å². The number of rotatable bonds is 7. The first-order valence-electron chi connectivity index (χ1n) is 8.34. The summed E-state index contributed by atoms with van der Waals surface area (Å²) in [5.74, 6) is -0.146. The molecule has 0 spiro atoms. The Morgan fingerprint density at radius 3 is 2.32 bits per heavy atom. The van der Waals surface area contributed by atoms with E-state index in [1.54, 1.807) is 61.7 Å². The lowest BCUT2D eigenvalue weighted by atomic mass is 10.2. The number of imide groups is 1. The Labute approximate surface area is 165 Å². The zero-order valence-electron chi connectivity index (χ0n) is 15.0. The van der Waals surface area contributed by atoms with Crippen LogP contribution in [0.3, 0.4) is 0 Å². The van der Waals surface area contributed by atoms with Crippen molar-refractivity contribution in [2.45, 2.75) is 6.42 Å². The number of methoxy groups -OCH3 is 1. The van der Waals surface area contributed by atoms with Crippen LogP contribution in [-0.4, -0.2) is 35.9 Å². The quantitative estimate of drug-likeness (QED) is 0.708. The number of thioether (sulfide) groups is 1. The Morgan fingerprint density at radius 2 is 1.71 bits per heavy atom. The van der Waals surface area contributed by atoms with Crippen molar-refractivity contribution in [2.24, 2.45) is 0 Å². The minimum Gasteiger partial charge on any atom is -0.497 e. The standard InChI is InChI=1S/C20H17NO6S/c1-26-15-8-4-14(5-9-15)21-19(24)17(28-20(21)25)12-13-2-6-16(7-3-13)27-11-10-18(22)23/h2-9,12H,10-11H2,1H3,(H,22,23)/b17-12+. The van der Waals surface area contributed by atoms with Gasteiger partial charge >= 0.3 is 5.97 Å². The van der Waals surface area contributed by atoms with E-state index < -0.39 is 5.97 Å². The molecule has 28 heavy (non-hydrogen) atoms. The van der Waals surface area contributed by atoms with Crippen LogP contribution in [0.25, 0.3) is 6.08 Å². The normalized spacial score (nSPS) is 15.2. The summed E-state index contributed by atoms with van der Waals surface area (Å²) in [7, 11) is 1.54. The average molecular weight is 399 g/mol. The third kappa shape index (κ3) is 4.52. The molecule has 0 aliphatic carbocycles. The average Bonchev–Trinajstić information content (AvgIpc) is 2.96. The molecule has 1 heterocycles. The number of hydrogen-bond donors (Lipinski definition) is 1. The second-order valence-electron chi connectivity index (χ2n) is 5.78. The van der Waals surface area contributed by atoms with Crippen LogP contribution in [0.1, 0.15) is 12.0 Å². The summed E-state index contributed by atoms with van der Waals surface area (Å²) in [4.78, 5) is 36.9. The van der Waals surface area contributed by atoms with Crippen LogP contribution in [-0.2, 0) is 9.59 Å². The summed E-state index contributed by atoms with van der Waals surface area (Å²) in [6, 6.07) is 13.5. The number of aliphatic carboxylic acids is 1. The minimum absolute atomic E-state index is 0.0788. The summed E-state index contributed by atoms with van der Waals surface area (Å²) in [6.07, 6.45) is 1.55. The number of anilines is 1. The monoisotopic (exact) mass is 399 g/mol. The molecular formula is C20H17NO6S. The highest BCUT2D eigenvalue weighted by atomic mass is 32.2. The second kappa shape index (κ2) is 8.62. The Kier molecular flexibility index (Phi) is 6.00. The van der Waals surface area contributed by atoms with E-state index in [2.05, 4.69) is 0 Å². The highest BCUT2D eigenvalue weighted by Gasteiger charge is 2.36. The maximum Gasteiger partial charge on any atom is 0.306 e. The fourth-order valence-corrected chi connectivity index (χ4v) is 3.33. The Morgan fingerprint density at radius 1 is 1.07 bits per heavy atom. The van der Waals surface area contributed by atoms with E-state index in [-0.39, 0.29) is 24.2 Å². The van der Waals surface area contributed by atoms with Crippen LogP contribution in [0.5, 0.6) is 11.5 Å². The third-order valence-electron chi connectivity index (χ3n) is 3.89. The van der Waals surface area contributed by atoms with E-state index in [1.165, 1.54) is 0 Å². The van der Waals surface area contributed by atoms with Gasteiger partial charge in [-0.15, -0.1) is 0 Å². The second-order valence-corrected chi connectivity index (χ2v) is 6.77. The Hall–Kier alpha value is -3.26. The van der Waals surface area contributed by atoms with Crippen LogP contribution in [0.15, 0.2) is 53.4 Å². The van der Waals surface area contributed by atoms with Crippen molar-refractivity contribution in [3.63, 3.8) is 0 Å². The van der Waals surface area contributed by atoms with Gasteiger partial charge in [-0.25, -0.2) is 4.90 Å². The van der Waals surface area contributed by atoms with Crippen LogP contribution in [0.2, 0.25) is 0 Å². The van der Waals surface area contributed by atoms with Gasteiger partial charge in [0.25, 0.3) is 11.1 Å². The van der Waals surface area contributed by atoms with Crippen molar-refractivity contribution in [3.05, 3.63) is 59.0 Å². The van der Waals surface area contributed by atoms with Crippen LogP contribution in [0.4, 0.5) is 10.5 Å². The highest BCUT2D eigenvalue weighted by Crippen LogP contribution is 2.36. The topological polar surface area (TPSA) is 93.1 Å².